The van der Waals surface area contributed by atoms with E-state index in [1.807, 2.05) is 13.0 Å². The summed E-state index contributed by atoms with van der Waals surface area (Å²) in [7, 11) is 0. The fourth-order valence-corrected chi connectivity index (χ4v) is 3.83. The largest absolute Gasteiger partial charge is 0.433 e. The van der Waals surface area contributed by atoms with E-state index in [9.17, 15) is 18.4 Å². The summed E-state index contributed by atoms with van der Waals surface area (Å²) in [5.74, 6) is 0.597. The summed E-state index contributed by atoms with van der Waals surface area (Å²) >= 11 is 6.02. The third kappa shape index (κ3) is 5.17. The van der Waals surface area contributed by atoms with Crippen molar-refractivity contribution in [1.29, 1.82) is 5.26 Å². The van der Waals surface area contributed by atoms with Crippen molar-refractivity contribution in [3.05, 3.63) is 76.0 Å². The lowest BCUT2D eigenvalue weighted by atomic mass is 10.0. The molecule has 0 saturated carbocycles. The minimum Gasteiger partial charge on any atom is -0.366 e. The van der Waals surface area contributed by atoms with Gasteiger partial charge in [0.1, 0.15) is 23.9 Å². The van der Waals surface area contributed by atoms with Crippen LogP contribution in [0.15, 0.2) is 42.9 Å². The molecule has 0 aliphatic carbocycles. The highest BCUT2D eigenvalue weighted by molar-refractivity contribution is 6.30. The van der Waals surface area contributed by atoms with Crippen molar-refractivity contribution >= 4 is 23.1 Å². The van der Waals surface area contributed by atoms with E-state index in [-0.39, 0.29) is 13.5 Å². The van der Waals surface area contributed by atoms with Gasteiger partial charge >= 0.3 is 6.18 Å². The molecule has 4 rings (SSSR count). The molecule has 1 aromatic carbocycles. The van der Waals surface area contributed by atoms with E-state index in [0.717, 1.165) is 23.0 Å². The van der Waals surface area contributed by atoms with Crippen LogP contribution >= 0.6 is 11.6 Å². The second kappa shape index (κ2) is 9.63. The summed E-state index contributed by atoms with van der Waals surface area (Å²) in [6, 6.07) is 9.42. The minimum atomic E-state index is -4.48. The number of rotatable bonds is 4. The molecule has 1 N–H and O–H groups in total. The highest BCUT2D eigenvalue weighted by atomic mass is 35.5. The standard InChI is InChI=1S/C22H18ClF3N6.CH4/c1-13(14-2-5-20(28-10-14)22(24,25)26)31-21-17-11-32(7-6-18(17)29-12-30-21)19-4-3-16(23)8-15(19)9-27;/h2-5,8,10,12-13H,6-7,11H2,1H3,(H,29,30,31);1H4/t13-;/m1./s1. The maximum atomic E-state index is 12.8. The van der Waals surface area contributed by atoms with E-state index in [0.29, 0.717) is 41.5 Å². The van der Waals surface area contributed by atoms with Crippen LogP contribution in [-0.4, -0.2) is 21.5 Å². The first-order valence-electron chi connectivity index (χ1n) is 9.83. The molecule has 172 valence electrons. The number of benzene rings is 1. The normalized spacial score (nSPS) is 14.0. The van der Waals surface area contributed by atoms with E-state index < -0.39 is 11.9 Å². The third-order valence-corrected chi connectivity index (χ3v) is 5.59. The summed E-state index contributed by atoms with van der Waals surface area (Å²) in [6.07, 6.45) is -1.13. The van der Waals surface area contributed by atoms with Crippen molar-refractivity contribution in [1.82, 2.24) is 15.0 Å². The molecule has 3 aromatic rings. The number of alkyl halides is 3. The molecule has 0 spiro atoms. The van der Waals surface area contributed by atoms with Crippen molar-refractivity contribution in [3.8, 4) is 6.07 Å². The van der Waals surface area contributed by atoms with Gasteiger partial charge in [-0.3, -0.25) is 4.98 Å². The lowest BCUT2D eigenvalue weighted by molar-refractivity contribution is -0.141. The van der Waals surface area contributed by atoms with Crippen molar-refractivity contribution in [2.45, 2.75) is 39.5 Å². The van der Waals surface area contributed by atoms with Crippen LogP contribution in [-0.2, 0) is 19.1 Å². The Kier molecular flexibility index (Phi) is 7.08. The zero-order chi connectivity index (χ0) is 22.9. The first kappa shape index (κ1) is 24.3. The van der Waals surface area contributed by atoms with Gasteiger partial charge < -0.3 is 10.2 Å². The van der Waals surface area contributed by atoms with E-state index in [2.05, 4.69) is 31.2 Å². The maximum absolute atomic E-state index is 12.8. The Morgan fingerprint density at radius 2 is 1.97 bits per heavy atom. The number of anilines is 2. The molecule has 0 fully saturated rings. The highest BCUT2D eigenvalue weighted by Gasteiger charge is 2.32. The lowest BCUT2D eigenvalue weighted by Crippen LogP contribution is -2.32. The molecule has 33 heavy (non-hydrogen) atoms. The molecule has 0 bridgehead atoms. The van der Waals surface area contributed by atoms with Crippen molar-refractivity contribution in [2.24, 2.45) is 0 Å². The maximum Gasteiger partial charge on any atom is 0.433 e. The Morgan fingerprint density at radius 1 is 1.18 bits per heavy atom. The zero-order valence-electron chi connectivity index (χ0n) is 17.0. The first-order chi connectivity index (χ1) is 15.3. The van der Waals surface area contributed by atoms with Crippen LogP contribution in [0.1, 0.15) is 48.5 Å². The molecular weight excluding hydrogens is 453 g/mol. The molecule has 1 aliphatic rings. The van der Waals surface area contributed by atoms with Gasteiger partial charge in [-0.15, -0.1) is 0 Å². The monoisotopic (exact) mass is 474 g/mol. The summed E-state index contributed by atoms with van der Waals surface area (Å²) in [6.45, 7) is 2.98. The van der Waals surface area contributed by atoms with Crippen molar-refractivity contribution in [2.75, 3.05) is 16.8 Å². The van der Waals surface area contributed by atoms with Gasteiger partial charge in [0.15, 0.2) is 0 Å². The summed E-state index contributed by atoms with van der Waals surface area (Å²) < 4.78 is 38.3. The SMILES string of the molecule is C.C[C@@H](Nc1ncnc2c1CN(c1ccc(Cl)cc1C#N)CC2)c1ccc(C(F)(F)F)nc1. The van der Waals surface area contributed by atoms with Crippen LogP contribution in [0.4, 0.5) is 24.7 Å². The van der Waals surface area contributed by atoms with Crippen LogP contribution in [0.2, 0.25) is 5.02 Å². The molecule has 0 saturated heterocycles. The molecule has 1 atom stereocenters. The number of aromatic nitrogens is 3. The third-order valence-electron chi connectivity index (χ3n) is 5.35. The van der Waals surface area contributed by atoms with Crippen molar-refractivity contribution < 1.29 is 13.2 Å². The van der Waals surface area contributed by atoms with Gasteiger partial charge in [-0.1, -0.05) is 25.1 Å². The number of nitriles is 1. The van der Waals surface area contributed by atoms with Gasteiger partial charge in [-0.25, -0.2) is 9.97 Å². The van der Waals surface area contributed by atoms with Crippen LogP contribution in [0.25, 0.3) is 0 Å². The van der Waals surface area contributed by atoms with Gasteiger partial charge in [0.25, 0.3) is 0 Å². The number of fused-ring (bicyclic) bond motifs is 1. The average molecular weight is 475 g/mol. The molecule has 1 aliphatic heterocycles. The quantitative estimate of drug-likeness (QED) is 0.516. The van der Waals surface area contributed by atoms with Crippen LogP contribution in [0.3, 0.4) is 0 Å². The number of nitrogens with zero attached hydrogens (tertiary/aromatic N) is 5. The van der Waals surface area contributed by atoms with Crippen molar-refractivity contribution in [3.63, 3.8) is 0 Å². The summed E-state index contributed by atoms with van der Waals surface area (Å²) in [5.41, 5.74) is 2.70. The molecule has 0 radical (unpaired) electrons. The summed E-state index contributed by atoms with van der Waals surface area (Å²) in [4.78, 5) is 14.3. The van der Waals surface area contributed by atoms with E-state index in [1.165, 1.54) is 18.6 Å². The average Bonchev–Trinajstić information content (AvgIpc) is 2.78. The number of halogens is 4. The van der Waals surface area contributed by atoms with Crippen LogP contribution in [0.5, 0.6) is 0 Å². The Bertz CT molecular complexity index is 1170. The Balaban J connectivity index is 0.00000306. The molecule has 2 aromatic heterocycles. The van der Waals surface area contributed by atoms with E-state index in [4.69, 9.17) is 11.6 Å². The number of nitrogens with one attached hydrogen (secondary N) is 1. The molecular formula is C23H22ClF3N6. The van der Waals surface area contributed by atoms with Gasteiger partial charge in [-0.2, -0.15) is 18.4 Å². The Hall–Kier alpha value is -3.38. The first-order valence-corrected chi connectivity index (χ1v) is 10.2. The van der Waals surface area contributed by atoms with Gasteiger partial charge in [-0.05, 0) is 36.8 Å². The smallest absolute Gasteiger partial charge is 0.366 e. The lowest BCUT2D eigenvalue weighted by Gasteiger charge is -2.32. The molecule has 10 heteroatoms. The fourth-order valence-electron chi connectivity index (χ4n) is 3.66. The molecule has 0 amide bonds. The summed E-state index contributed by atoms with van der Waals surface area (Å²) in [5, 5.41) is 13.3. The molecule has 0 unspecified atom stereocenters. The highest BCUT2D eigenvalue weighted by Crippen LogP contribution is 2.32. The Morgan fingerprint density at radius 3 is 2.64 bits per heavy atom. The molecule has 3 heterocycles. The predicted octanol–water partition coefficient (Wildman–Crippen LogP) is 5.79. The number of hydrogen-bond acceptors (Lipinski definition) is 6. The second-order valence-corrected chi connectivity index (χ2v) is 7.87. The topological polar surface area (TPSA) is 77.7 Å². The number of hydrogen-bond donors (Lipinski definition) is 1. The number of pyridine rings is 1. The Labute approximate surface area is 195 Å². The van der Waals surface area contributed by atoms with Gasteiger partial charge in [0, 0.05) is 36.3 Å². The fraction of sp³-hybridized carbons (Fsp3) is 0.304. The van der Waals surface area contributed by atoms with E-state index >= 15 is 0 Å². The second-order valence-electron chi connectivity index (χ2n) is 7.43. The van der Waals surface area contributed by atoms with Gasteiger partial charge in [0.2, 0.25) is 0 Å². The minimum absolute atomic E-state index is 0. The zero-order valence-corrected chi connectivity index (χ0v) is 17.7. The molecule has 6 nitrogen and oxygen atoms in total. The van der Waals surface area contributed by atoms with Crippen LogP contribution < -0.4 is 10.2 Å². The van der Waals surface area contributed by atoms with Crippen LogP contribution in [0, 0.1) is 11.3 Å². The van der Waals surface area contributed by atoms with E-state index in [1.54, 1.807) is 12.1 Å². The van der Waals surface area contributed by atoms with Gasteiger partial charge in [0.05, 0.1) is 23.0 Å². The predicted molar refractivity (Wildman–Crippen MR) is 121 cm³/mol.